The highest BCUT2D eigenvalue weighted by molar-refractivity contribution is 5.82. The summed E-state index contributed by atoms with van der Waals surface area (Å²) in [5.41, 5.74) is 9.44. The number of carbonyl (C=O) groups excluding carboxylic acids is 1. The summed E-state index contributed by atoms with van der Waals surface area (Å²) in [5, 5.41) is 18.0. The first-order chi connectivity index (χ1) is 16.7. The Kier molecular flexibility index (Phi) is 7.93. The van der Waals surface area contributed by atoms with E-state index in [9.17, 15) is 10.1 Å². The molecule has 0 unspecified atom stereocenters. The lowest BCUT2D eigenvalue weighted by Gasteiger charge is -2.20. The fourth-order valence-corrected chi connectivity index (χ4v) is 3.32. The number of para-hydroxylation sites is 1. The van der Waals surface area contributed by atoms with E-state index in [0.717, 1.165) is 0 Å². The number of alkyl halides is 2. The standard InChI is InChI=1S/C23H22F3N7O2/c24-20-16(11-19(34)30-9-10-35-33-22(28)29)15(12-27)6-7-18(20)32-13-23(25,26)17-5-1-3-14-4-2-8-31-21(14)17/h1-8,32H,9-11,13H2,(H,30,34)(H4,28,29,33). The maximum absolute atomic E-state index is 15.1. The van der Waals surface area contributed by atoms with E-state index in [2.05, 4.69) is 20.8 Å². The van der Waals surface area contributed by atoms with Crippen LogP contribution in [0, 0.1) is 17.1 Å². The summed E-state index contributed by atoms with van der Waals surface area (Å²) in [6.45, 7) is -0.960. The number of nitrogens with one attached hydrogen (secondary N) is 2. The van der Waals surface area contributed by atoms with Crippen LogP contribution in [0.5, 0.6) is 0 Å². The molecular formula is C23H22F3N7O2. The average Bonchev–Trinajstić information content (AvgIpc) is 2.83. The van der Waals surface area contributed by atoms with E-state index in [1.165, 1.54) is 30.5 Å². The van der Waals surface area contributed by atoms with Gasteiger partial charge in [0.15, 0.2) is 5.82 Å². The zero-order chi connectivity index (χ0) is 25.4. The van der Waals surface area contributed by atoms with Gasteiger partial charge in [-0.05, 0) is 23.4 Å². The summed E-state index contributed by atoms with van der Waals surface area (Å²) in [4.78, 5) is 21.0. The van der Waals surface area contributed by atoms with E-state index in [1.807, 2.05) is 0 Å². The number of benzene rings is 2. The molecule has 3 rings (SSSR count). The van der Waals surface area contributed by atoms with Crippen LogP contribution in [-0.2, 0) is 22.0 Å². The van der Waals surface area contributed by atoms with Gasteiger partial charge in [0.25, 0.3) is 5.92 Å². The fraction of sp³-hybridized carbons (Fsp3) is 0.217. The van der Waals surface area contributed by atoms with Crippen LogP contribution in [0.2, 0.25) is 0 Å². The van der Waals surface area contributed by atoms with Crippen molar-refractivity contribution in [2.75, 3.05) is 25.0 Å². The van der Waals surface area contributed by atoms with Gasteiger partial charge in [-0.15, -0.1) is 0 Å². The van der Waals surface area contributed by atoms with E-state index >= 15 is 13.2 Å². The Hall–Kier alpha value is -4.53. The summed E-state index contributed by atoms with van der Waals surface area (Å²) in [6, 6.07) is 12.0. The summed E-state index contributed by atoms with van der Waals surface area (Å²) < 4.78 is 45.2. The predicted octanol–water partition coefficient (Wildman–Crippen LogP) is 2.31. The van der Waals surface area contributed by atoms with Gasteiger partial charge in [-0.3, -0.25) is 9.78 Å². The van der Waals surface area contributed by atoms with Crippen LogP contribution in [-0.4, -0.2) is 36.5 Å². The smallest absolute Gasteiger partial charge is 0.292 e. The zero-order valence-corrected chi connectivity index (χ0v) is 18.4. The van der Waals surface area contributed by atoms with Crippen molar-refractivity contribution >= 4 is 28.5 Å². The molecule has 0 bridgehead atoms. The van der Waals surface area contributed by atoms with Gasteiger partial charge in [0, 0.05) is 22.7 Å². The highest BCUT2D eigenvalue weighted by Gasteiger charge is 2.34. The topological polar surface area (TPSA) is 151 Å². The Balaban J connectivity index is 1.72. The molecule has 0 atom stereocenters. The first kappa shape index (κ1) is 25.1. The largest absolute Gasteiger partial charge is 0.391 e. The van der Waals surface area contributed by atoms with E-state index in [0.29, 0.717) is 5.39 Å². The van der Waals surface area contributed by atoms with Crippen molar-refractivity contribution in [3.8, 4) is 6.07 Å². The van der Waals surface area contributed by atoms with Crippen molar-refractivity contribution in [3.63, 3.8) is 0 Å². The van der Waals surface area contributed by atoms with E-state index < -0.39 is 30.6 Å². The molecule has 1 heterocycles. The normalized spacial score (nSPS) is 10.9. The van der Waals surface area contributed by atoms with Gasteiger partial charge in [0.1, 0.15) is 6.61 Å². The Morgan fingerprint density at radius 1 is 1.20 bits per heavy atom. The number of rotatable bonds is 10. The SMILES string of the molecule is N#Cc1ccc(NCC(F)(F)c2cccc3cccnc23)c(F)c1CC(=O)NCCON=C(N)N. The van der Waals surface area contributed by atoms with E-state index in [4.69, 9.17) is 16.3 Å². The molecule has 3 aromatic rings. The van der Waals surface area contributed by atoms with Gasteiger partial charge in [0.05, 0.1) is 42.3 Å². The number of nitriles is 1. The van der Waals surface area contributed by atoms with Crippen molar-refractivity contribution in [1.82, 2.24) is 10.3 Å². The minimum absolute atomic E-state index is 0.0162. The Morgan fingerprint density at radius 2 is 1.97 bits per heavy atom. The molecule has 0 radical (unpaired) electrons. The first-order valence-corrected chi connectivity index (χ1v) is 10.4. The number of nitrogens with two attached hydrogens (primary N) is 2. The maximum Gasteiger partial charge on any atom is 0.292 e. The number of oxime groups is 1. The predicted molar refractivity (Wildman–Crippen MR) is 124 cm³/mol. The van der Waals surface area contributed by atoms with Crippen molar-refractivity contribution < 1.29 is 22.8 Å². The molecule has 1 aromatic heterocycles. The Bertz CT molecular complexity index is 1280. The molecule has 0 fully saturated rings. The van der Waals surface area contributed by atoms with Gasteiger partial charge < -0.3 is 26.9 Å². The maximum atomic E-state index is 15.1. The van der Waals surface area contributed by atoms with Crippen LogP contribution < -0.4 is 22.1 Å². The summed E-state index contributed by atoms with van der Waals surface area (Å²) in [7, 11) is 0. The number of amides is 1. The van der Waals surface area contributed by atoms with Crippen LogP contribution in [0.15, 0.2) is 53.8 Å². The van der Waals surface area contributed by atoms with Crippen LogP contribution in [0.4, 0.5) is 18.9 Å². The van der Waals surface area contributed by atoms with E-state index in [1.54, 1.807) is 24.3 Å². The van der Waals surface area contributed by atoms with Gasteiger partial charge in [-0.2, -0.15) is 14.0 Å². The fourth-order valence-electron chi connectivity index (χ4n) is 3.32. The number of halogens is 3. The van der Waals surface area contributed by atoms with Crippen LogP contribution in [0.3, 0.4) is 0 Å². The van der Waals surface area contributed by atoms with Crippen LogP contribution in [0.25, 0.3) is 10.9 Å². The number of hydrogen-bond donors (Lipinski definition) is 4. The van der Waals surface area contributed by atoms with Crippen LogP contribution >= 0.6 is 0 Å². The molecule has 0 spiro atoms. The van der Waals surface area contributed by atoms with Crippen molar-refractivity contribution in [2.24, 2.45) is 16.6 Å². The third-order valence-electron chi connectivity index (χ3n) is 4.91. The lowest BCUT2D eigenvalue weighted by molar-refractivity contribution is -0.120. The highest BCUT2D eigenvalue weighted by Crippen LogP contribution is 2.33. The number of anilines is 1. The van der Waals surface area contributed by atoms with Gasteiger partial charge >= 0.3 is 0 Å². The zero-order valence-electron chi connectivity index (χ0n) is 18.4. The second-order valence-corrected chi connectivity index (χ2v) is 7.38. The number of pyridine rings is 1. The Labute approximate surface area is 198 Å². The van der Waals surface area contributed by atoms with E-state index in [-0.39, 0.29) is 47.0 Å². The monoisotopic (exact) mass is 485 g/mol. The Morgan fingerprint density at radius 3 is 2.71 bits per heavy atom. The van der Waals surface area contributed by atoms with Crippen molar-refractivity contribution in [3.05, 3.63) is 71.2 Å². The molecule has 0 saturated heterocycles. The number of carbonyl (C=O) groups is 1. The second-order valence-electron chi connectivity index (χ2n) is 7.38. The molecule has 0 saturated carbocycles. The number of guanidine groups is 1. The summed E-state index contributed by atoms with van der Waals surface area (Å²) in [6.07, 6.45) is 0.927. The molecule has 0 aliphatic heterocycles. The minimum atomic E-state index is -3.39. The number of aromatic nitrogens is 1. The summed E-state index contributed by atoms with van der Waals surface area (Å²) >= 11 is 0. The lowest BCUT2D eigenvalue weighted by atomic mass is 10.0. The van der Waals surface area contributed by atoms with Gasteiger partial charge in [-0.1, -0.05) is 24.3 Å². The quantitative estimate of drug-likeness (QED) is 0.149. The highest BCUT2D eigenvalue weighted by atomic mass is 19.3. The molecule has 182 valence electrons. The third kappa shape index (κ3) is 6.29. The molecule has 9 nitrogen and oxygen atoms in total. The minimum Gasteiger partial charge on any atom is -0.391 e. The average molecular weight is 485 g/mol. The van der Waals surface area contributed by atoms with Gasteiger partial charge in [-0.25, -0.2) is 4.39 Å². The first-order valence-electron chi connectivity index (χ1n) is 10.4. The third-order valence-corrected chi connectivity index (χ3v) is 4.91. The van der Waals surface area contributed by atoms with Crippen molar-refractivity contribution in [2.45, 2.75) is 12.3 Å². The molecule has 12 heteroatoms. The van der Waals surface area contributed by atoms with Crippen molar-refractivity contribution in [1.29, 1.82) is 5.26 Å². The molecule has 6 N–H and O–H groups in total. The number of nitrogens with zero attached hydrogens (tertiary/aromatic N) is 3. The molecule has 2 aromatic carbocycles. The molecule has 0 aliphatic carbocycles. The van der Waals surface area contributed by atoms with Crippen LogP contribution in [0.1, 0.15) is 16.7 Å². The molecular weight excluding hydrogens is 463 g/mol. The number of fused-ring (bicyclic) bond motifs is 1. The molecule has 0 aliphatic rings. The molecule has 1 amide bonds. The van der Waals surface area contributed by atoms with Gasteiger partial charge in [0.2, 0.25) is 11.9 Å². The summed E-state index contributed by atoms with van der Waals surface area (Å²) in [5.74, 6) is -5.26. The number of hydrogen-bond acceptors (Lipinski definition) is 6. The second kappa shape index (κ2) is 11.1. The lowest BCUT2D eigenvalue weighted by Crippen LogP contribution is -2.30. The molecule has 35 heavy (non-hydrogen) atoms.